The van der Waals surface area contributed by atoms with Gasteiger partial charge >= 0.3 is 5.97 Å². The molecular weight excluding hydrogens is 471 g/mol. The molecule has 0 radical (unpaired) electrons. The summed E-state index contributed by atoms with van der Waals surface area (Å²) in [6.07, 6.45) is 2.87. The van der Waals surface area contributed by atoms with Crippen LogP contribution in [0.2, 0.25) is 0 Å². The number of allylic oxidation sites excluding steroid dienone is 6. The van der Waals surface area contributed by atoms with E-state index < -0.39 is 47.1 Å². The average molecular weight is 497 g/mol. The summed E-state index contributed by atoms with van der Waals surface area (Å²) >= 11 is 3.28. The van der Waals surface area contributed by atoms with E-state index in [1.807, 2.05) is 13.0 Å². The fourth-order valence-electron chi connectivity index (χ4n) is 6.39. The van der Waals surface area contributed by atoms with Crippen molar-refractivity contribution < 1.29 is 33.7 Å². The summed E-state index contributed by atoms with van der Waals surface area (Å²) in [5, 5.41) is 22.2. The van der Waals surface area contributed by atoms with Gasteiger partial charge in [0.2, 0.25) is 5.78 Å². The molecule has 8 heteroatoms. The first-order chi connectivity index (χ1) is 14.4. The Kier molecular flexibility index (Phi) is 5.23. The van der Waals surface area contributed by atoms with Crippen LogP contribution >= 0.6 is 15.9 Å². The van der Waals surface area contributed by atoms with E-state index in [-0.39, 0.29) is 30.5 Å². The van der Waals surface area contributed by atoms with Gasteiger partial charge in [-0.1, -0.05) is 24.6 Å². The van der Waals surface area contributed by atoms with Crippen LogP contribution < -0.4 is 0 Å². The summed E-state index contributed by atoms with van der Waals surface area (Å²) in [7, 11) is 0. The lowest BCUT2D eigenvalue weighted by Gasteiger charge is -2.54. The topological polar surface area (TPSA) is 101 Å². The van der Waals surface area contributed by atoms with Gasteiger partial charge < -0.3 is 14.9 Å². The first-order valence-electron chi connectivity index (χ1n) is 10.4. The van der Waals surface area contributed by atoms with Gasteiger partial charge in [0.05, 0.1) is 10.6 Å². The molecule has 168 valence electrons. The van der Waals surface area contributed by atoms with Gasteiger partial charge in [-0.3, -0.25) is 14.4 Å². The normalized spacial score (nSPS) is 43.7. The molecule has 0 amide bonds. The number of Topliss-reactive ketones (excluding diaryl/α,β-unsaturated/α-hetero) is 1. The minimum atomic E-state index is -2.10. The van der Waals surface area contributed by atoms with Crippen molar-refractivity contribution in [3.63, 3.8) is 0 Å². The molecule has 4 rings (SSSR count). The highest BCUT2D eigenvalue weighted by molar-refractivity contribution is 9.12. The van der Waals surface area contributed by atoms with Crippen molar-refractivity contribution in [3.05, 3.63) is 33.9 Å². The van der Waals surface area contributed by atoms with E-state index in [2.05, 4.69) is 15.9 Å². The lowest BCUT2D eigenvalue weighted by Crippen LogP contribution is -2.60. The highest BCUT2D eigenvalue weighted by atomic mass is 79.9. The van der Waals surface area contributed by atoms with Crippen LogP contribution in [-0.4, -0.2) is 52.2 Å². The molecule has 4 aliphatic rings. The maximum Gasteiger partial charge on any atom is 0.303 e. The Hall–Kier alpha value is -1.64. The van der Waals surface area contributed by atoms with Crippen LogP contribution in [0.5, 0.6) is 0 Å². The van der Waals surface area contributed by atoms with Crippen LogP contribution in [0.15, 0.2) is 33.9 Å². The maximum absolute atomic E-state index is 15.3. The highest BCUT2D eigenvalue weighted by Gasteiger charge is 2.69. The lowest BCUT2D eigenvalue weighted by atomic mass is 9.51. The van der Waals surface area contributed by atoms with Gasteiger partial charge in [0.25, 0.3) is 0 Å². The van der Waals surface area contributed by atoms with Gasteiger partial charge in [0.1, 0.15) is 6.17 Å². The minimum Gasteiger partial charge on any atom is -0.458 e. The first-order valence-corrected chi connectivity index (χ1v) is 11.2. The number of fused-ring (bicyclic) bond motifs is 5. The summed E-state index contributed by atoms with van der Waals surface area (Å²) in [6, 6.07) is 0. The smallest absolute Gasteiger partial charge is 0.303 e. The molecule has 2 N–H and O–H groups in total. The second-order valence-corrected chi connectivity index (χ2v) is 10.4. The molecule has 0 bridgehead atoms. The molecule has 0 aromatic heterocycles. The Morgan fingerprint density at radius 2 is 1.97 bits per heavy atom. The zero-order valence-electron chi connectivity index (χ0n) is 17.7. The molecule has 0 aliphatic heterocycles. The molecular formula is C23H26BrFO6. The predicted octanol–water partition coefficient (Wildman–Crippen LogP) is 2.72. The molecule has 0 saturated heterocycles. The molecule has 0 unspecified atom stereocenters. The second-order valence-electron chi connectivity index (χ2n) is 9.58. The van der Waals surface area contributed by atoms with Crippen LogP contribution in [0.4, 0.5) is 4.39 Å². The Labute approximate surface area is 188 Å². The van der Waals surface area contributed by atoms with E-state index in [1.165, 1.54) is 13.0 Å². The number of rotatable bonds is 3. The lowest BCUT2D eigenvalue weighted by molar-refractivity contribution is -0.174. The van der Waals surface area contributed by atoms with Crippen molar-refractivity contribution in [3.8, 4) is 0 Å². The summed E-state index contributed by atoms with van der Waals surface area (Å²) in [5.74, 6) is -2.33. The number of hydrogen-bond donors (Lipinski definition) is 2. The zero-order chi connectivity index (χ0) is 22.9. The fraction of sp³-hybridized carbons (Fsp3) is 0.609. The van der Waals surface area contributed by atoms with E-state index in [1.54, 1.807) is 13.0 Å². The number of aliphatic hydroxyl groups is 2. The number of ether oxygens (including phenoxy) is 1. The Bertz CT molecular complexity index is 969. The van der Waals surface area contributed by atoms with Crippen molar-refractivity contribution in [2.24, 2.45) is 22.7 Å². The van der Waals surface area contributed by atoms with Gasteiger partial charge in [0.15, 0.2) is 18.0 Å². The Morgan fingerprint density at radius 1 is 1.29 bits per heavy atom. The van der Waals surface area contributed by atoms with E-state index in [0.717, 1.165) is 5.57 Å². The highest BCUT2D eigenvalue weighted by Crippen LogP contribution is 2.65. The molecule has 7 atom stereocenters. The number of carbonyl (C=O) groups excluding carboxylic acids is 3. The number of ketones is 2. The van der Waals surface area contributed by atoms with Crippen LogP contribution in [0.1, 0.15) is 40.0 Å². The number of alkyl halides is 1. The molecule has 0 aromatic rings. The minimum absolute atomic E-state index is 0.118. The van der Waals surface area contributed by atoms with E-state index in [4.69, 9.17) is 4.74 Å². The average Bonchev–Trinajstić information content (AvgIpc) is 2.90. The largest absolute Gasteiger partial charge is 0.458 e. The van der Waals surface area contributed by atoms with Crippen molar-refractivity contribution in [1.29, 1.82) is 0 Å². The molecule has 0 aromatic carbocycles. The van der Waals surface area contributed by atoms with Crippen molar-refractivity contribution in [1.82, 2.24) is 0 Å². The standard InChI is InChI=1S/C23H26BrFO6/c1-11(26)31-10-20(29)23(30)19(28)8-14-12-6-17(25)15-7-18(27)16(24)9-21(15,2)13(12)4-5-22(14,23)3/h4,7,9,12,14,17,19,28,30H,5-6,8,10H2,1-3H3/t12-,14+,17-,19-,21-,22+,23+/m1/s1. The molecule has 4 aliphatic carbocycles. The SMILES string of the molecule is CC(=O)OCC(=O)[C@@]1(O)[C@H](O)C[C@H]2[C@@H]3C[C@@H](F)C4=CC(=O)C(Br)=C[C@]4(C)C3=CC[C@@]21C. The van der Waals surface area contributed by atoms with Crippen LogP contribution in [0.3, 0.4) is 0 Å². The molecule has 6 nitrogen and oxygen atoms in total. The fourth-order valence-corrected chi connectivity index (χ4v) is 6.97. The third kappa shape index (κ3) is 2.98. The summed E-state index contributed by atoms with van der Waals surface area (Å²) in [6.45, 7) is 4.16. The molecule has 31 heavy (non-hydrogen) atoms. The van der Waals surface area contributed by atoms with Crippen molar-refractivity contribution >= 4 is 33.5 Å². The van der Waals surface area contributed by atoms with Gasteiger partial charge in [-0.05, 0) is 65.6 Å². The van der Waals surface area contributed by atoms with Crippen molar-refractivity contribution in [2.75, 3.05) is 6.61 Å². The summed E-state index contributed by atoms with van der Waals surface area (Å²) in [5.41, 5.74) is -2.56. The Morgan fingerprint density at radius 3 is 2.61 bits per heavy atom. The van der Waals surface area contributed by atoms with Crippen LogP contribution in [0.25, 0.3) is 0 Å². The third-order valence-corrected chi connectivity index (χ3v) is 8.67. The van der Waals surface area contributed by atoms with Crippen LogP contribution in [-0.2, 0) is 19.1 Å². The van der Waals surface area contributed by atoms with Gasteiger partial charge in [-0.15, -0.1) is 0 Å². The van der Waals surface area contributed by atoms with E-state index >= 15 is 4.39 Å². The molecule has 0 heterocycles. The number of esters is 1. The van der Waals surface area contributed by atoms with Crippen LogP contribution in [0, 0.1) is 22.7 Å². The second kappa shape index (κ2) is 7.18. The molecule has 0 spiro atoms. The first kappa shape index (κ1) is 22.6. The van der Waals surface area contributed by atoms with Gasteiger partial charge in [-0.25, -0.2) is 4.39 Å². The number of aliphatic hydroxyl groups excluding tert-OH is 1. The summed E-state index contributed by atoms with van der Waals surface area (Å²) < 4.78 is 20.5. The number of hydrogen-bond acceptors (Lipinski definition) is 6. The van der Waals surface area contributed by atoms with Gasteiger partial charge in [0, 0.05) is 17.8 Å². The Balaban J connectivity index is 1.76. The predicted molar refractivity (Wildman–Crippen MR) is 113 cm³/mol. The molecule has 2 fully saturated rings. The monoisotopic (exact) mass is 496 g/mol. The van der Waals surface area contributed by atoms with Gasteiger partial charge in [-0.2, -0.15) is 0 Å². The summed E-state index contributed by atoms with van der Waals surface area (Å²) in [4.78, 5) is 36.2. The third-order valence-electron chi connectivity index (χ3n) is 8.05. The van der Waals surface area contributed by atoms with E-state index in [0.29, 0.717) is 16.5 Å². The van der Waals surface area contributed by atoms with E-state index in [9.17, 15) is 24.6 Å². The zero-order valence-corrected chi connectivity index (χ0v) is 19.2. The number of halogens is 2. The number of carbonyl (C=O) groups is 3. The molecule has 2 saturated carbocycles. The maximum atomic E-state index is 15.3. The quantitative estimate of drug-likeness (QED) is 0.460. The van der Waals surface area contributed by atoms with Crippen molar-refractivity contribution in [2.45, 2.75) is 57.9 Å².